The van der Waals surface area contributed by atoms with Crippen molar-refractivity contribution in [3.63, 3.8) is 0 Å². The van der Waals surface area contributed by atoms with E-state index in [1.807, 2.05) is 0 Å². The smallest absolute Gasteiger partial charge is 0.348 e. The highest BCUT2D eigenvalue weighted by molar-refractivity contribution is 7.92. The summed E-state index contributed by atoms with van der Waals surface area (Å²) in [5.41, 5.74) is -0.721. The van der Waals surface area contributed by atoms with Gasteiger partial charge in [0.2, 0.25) is 14.8 Å². The Hall–Kier alpha value is -2.49. The fraction of sp³-hybridized carbons (Fsp3) is 0.400. The van der Waals surface area contributed by atoms with Crippen LogP contribution >= 0.6 is 0 Å². The van der Waals surface area contributed by atoms with Gasteiger partial charge in [-0.3, -0.25) is 9.78 Å². The summed E-state index contributed by atoms with van der Waals surface area (Å²) in [6, 6.07) is 6.83. The number of alkyl halides is 4. The van der Waals surface area contributed by atoms with Crippen LogP contribution in [0.3, 0.4) is 0 Å². The van der Waals surface area contributed by atoms with Crippen molar-refractivity contribution in [3.8, 4) is 0 Å². The van der Waals surface area contributed by atoms with Crippen molar-refractivity contribution in [1.82, 2.24) is 10.3 Å². The summed E-state index contributed by atoms with van der Waals surface area (Å²) >= 11 is 0. The third-order valence-corrected chi connectivity index (χ3v) is 7.41. The van der Waals surface area contributed by atoms with Gasteiger partial charge in [-0.05, 0) is 62.4 Å². The SMILES string of the molecule is Cc1cccc(S(=O)(=O)[C@]2(F)CC[C@H](NC(=O)c3cc(C(F)(F)F)ccn3)CC2)c1. The zero-order chi connectivity index (χ0) is 22.2. The largest absolute Gasteiger partial charge is 0.416 e. The molecule has 1 heterocycles. The quantitative estimate of drug-likeness (QED) is 0.717. The van der Waals surface area contributed by atoms with E-state index in [1.54, 1.807) is 19.1 Å². The summed E-state index contributed by atoms with van der Waals surface area (Å²) in [6.07, 6.45) is -4.31. The third kappa shape index (κ3) is 4.48. The molecule has 10 heteroatoms. The van der Waals surface area contributed by atoms with Gasteiger partial charge in [0.1, 0.15) is 5.69 Å². The lowest BCUT2D eigenvalue weighted by Gasteiger charge is -2.33. The van der Waals surface area contributed by atoms with E-state index >= 15 is 4.39 Å². The molecule has 1 N–H and O–H groups in total. The zero-order valence-electron chi connectivity index (χ0n) is 16.0. The van der Waals surface area contributed by atoms with Gasteiger partial charge in [0.25, 0.3) is 5.91 Å². The molecule has 0 unspecified atom stereocenters. The molecule has 2 aromatic rings. The van der Waals surface area contributed by atoms with Crippen molar-refractivity contribution in [2.24, 2.45) is 0 Å². The number of nitrogens with one attached hydrogen (secondary N) is 1. The van der Waals surface area contributed by atoms with Crippen LogP contribution in [0.5, 0.6) is 0 Å². The van der Waals surface area contributed by atoms with Gasteiger partial charge in [0.05, 0.1) is 10.5 Å². The summed E-state index contributed by atoms with van der Waals surface area (Å²) in [4.78, 5) is 15.8. The number of benzene rings is 1. The van der Waals surface area contributed by atoms with Crippen molar-refractivity contribution in [3.05, 3.63) is 59.4 Å². The molecule has 3 rings (SSSR count). The third-order valence-electron chi connectivity index (χ3n) is 5.17. The molecule has 5 nitrogen and oxygen atoms in total. The highest BCUT2D eigenvalue weighted by atomic mass is 32.2. The number of aryl methyl sites for hydroxylation is 1. The number of amides is 1. The van der Waals surface area contributed by atoms with Crippen LogP contribution in [-0.4, -0.2) is 30.4 Å². The second kappa shape index (κ2) is 7.98. The van der Waals surface area contributed by atoms with Gasteiger partial charge in [-0.15, -0.1) is 0 Å². The molecule has 0 spiro atoms. The van der Waals surface area contributed by atoms with Gasteiger partial charge < -0.3 is 5.32 Å². The van der Waals surface area contributed by atoms with E-state index in [9.17, 15) is 26.4 Å². The molecule has 1 amide bonds. The molecule has 0 bridgehead atoms. The first-order chi connectivity index (χ1) is 13.9. The predicted molar refractivity (Wildman–Crippen MR) is 101 cm³/mol. The first-order valence-corrected chi connectivity index (χ1v) is 10.7. The molecule has 0 atom stereocenters. The Morgan fingerprint density at radius 3 is 2.43 bits per heavy atom. The Morgan fingerprint density at radius 2 is 1.83 bits per heavy atom. The second-order valence-corrected chi connectivity index (χ2v) is 9.59. The number of hydrogen-bond donors (Lipinski definition) is 1. The topological polar surface area (TPSA) is 76.1 Å². The van der Waals surface area contributed by atoms with Crippen LogP contribution in [0.4, 0.5) is 17.6 Å². The summed E-state index contributed by atoms with van der Waals surface area (Å²) < 4.78 is 79.3. The normalized spacial score (nSPS) is 22.5. The predicted octanol–water partition coefficient (Wildman–Crippen LogP) is 4.22. The van der Waals surface area contributed by atoms with E-state index in [4.69, 9.17) is 0 Å². The van der Waals surface area contributed by atoms with E-state index in [-0.39, 0.29) is 30.6 Å². The number of pyridine rings is 1. The Balaban J connectivity index is 1.68. The van der Waals surface area contributed by atoms with Crippen molar-refractivity contribution < 1.29 is 30.8 Å². The molecule has 1 fully saturated rings. The highest BCUT2D eigenvalue weighted by Gasteiger charge is 2.48. The van der Waals surface area contributed by atoms with Crippen LogP contribution < -0.4 is 5.32 Å². The molecule has 30 heavy (non-hydrogen) atoms. The Kier molecular flexibility index (Phi) is 5.90. The molecule has 1 aliphatic carbocycles. The minimum Gasteiger partial charge on any atom is -0.348 e. The molecule has 162 valence electrons. The van der Waals surface area contributed by atoms with Crippen LogP contribution in [0.25, 0.3) is 0 Å². The minimum atomic E-state index is -4.61. The molecular weight excluding hydrogens is 424 g/mol. The van der Waals surface area contributed by atoms with E-state index in [0.29, 0.717) is 11.6 Å². The standard InChI is InChI=1S/C20H20F4N2O3S/c1-13-3-2-4-16(11-13)30(28,29)19(21)8-5-15(6-9-19)26-18(27)17-12-14(7-10-25-17)20(22,23)24/h2-4,7,10-12,15H,5-6,8-9H2,1H3,(H,26,27)/t15-,19+. The summed E-state index contributed by atoms with van der Waals surface area (Å²) in [7, 11) is -4.23. The Morgan fingerprint density at radius 1 is 1.17 bits per heavy atom. The minimum absolute atomic E-state index is 0.0340. The number of aromatic nitrogens is 1. The van der Waals surface area contributed by atoms with Crippen molar-refractivity contribution in [1.29, 1.82) is 0 Å². The first kappa shape index (κ1) is 22.2. The average molecular weight is 444 g/mol. The molecule has 1 aromatic carbocycles. The van der Waals surface area contributed by atoms with Crippen molar-refractivity contribution in [2.45, 2.75) is 54.7 Å². The summed E-state index contributed by atoms with van der Waals surface area (Å²) in [5, 5.41) is 0.0598. The molecule has 0 saturated heterocycles. The van der Waals surface area contributed by atoms with E-state index in [2.05, 4.69) is 10.3 Å². The van der Waals surface area contributed by atoms with Gasteiger partial charge in [-0.2, -0.15) is 13.2 Å². The van der Waals surface area contributed by atoms with Crippen LogP contribution in [-0.2, 0) is 16.0 Å². The average Bonchev–Trinajstić information content (AvgIpc) is 2.69. The van der Waals surface area contributed by atoms with E-state index < -0.39 is 44.2 Å². The molecular formula is C20H20F4N2O3S. The number of hydrogen-bond acceptors (Lipinski definition) is 4. The van der Waals surface area contributed by atoms with Gasteiger partial charge in [0, 0.05) is 12.2 Å². The molecule has 1 aromatic heterocycles. The number of carbonyl (C=O) groups is 1. The zero-order valence-corrected chi connectivity index (χ0v) is 16.9. The van der Waals surface area contributed by atoms with Crippen LogP contribution in [0, 0.1) is 6.92 Å². The lowest BCUT2D eigenvalue weighted by atomic mass is 9.93. The maximum Gasteiger partial charge on any atom is 0.416 e. The lowest BCUT2D eigenvalue weighted by molar-refractivity contribution is -0.137. The molecule has 1 saturated carbocycles. The molecule has 1 aliphatic rings. The van der Waals surface area contributed by atoms with E-state index in [0.717, 1.165) is 12.3 Å². The highest BCUT2D eigenvalue weighted by Crippen LogP contribution is 2.40. The Labute approximate surface area is 171 Å². The van der Waals surface area contributed by atoms with E-state index in [1.165, 1.54) is 12.1 Å². The summed E-state index contributed by atoms with van der Waals surface area (Å²) in [5.74, 6) is -0.820. The molecule has 0 radical (unpaired) electrons. The molecule has 0 aliphatic heterocycles. The number of sulfone groups is 1. The van der Waals surface area contributed by atoms with Crippen LogP contribution in [0.15, 0.2) is 47.5 Å². The maximum absolute atomic E-state index is 15.3. The van der Waals surface area contributed by atoms with Gasteiger partial charge in [-0.25, -0.2) is 12.8 Å². The second-order valence-electron chi connectivity index (χ2n) is 7.38. The van der Waals surface area contributed by atoms with Gasteiger partial charge >= 0.3 is 6.18 Å². The van der Waals surface area contributed by atoms with Gasteiger partial charge in [-0.1, -0.05) is 12.1 Å². The van der Waals surface area contributed by atoms with Crippen molar-refractivity contribution >= 4 is 15.7 Å². The fourth-order valence-corrected chi connectivity index (χ4v) is 5.24. The van der Waals surface area contributed by atoms with Crippen molar-refractivity contribution in [2.75, 3.05) is 0 Å². The van der Waals surface area contributed by atoms with Gasteiger partial charge in [0.15, 0.2) is 0 Å². The fourth-order valence-electron chi connectivity index (χ4n) is 3.45. The first-order valence-electron chi connectivity index (χ1n) is 9.27. The summed E-state index contributed by atoms with van der Waals surface area (Å²) in [6.45, 7) is 1.71. The Bertz CT molecular complexity index is 1050. The monoisotopic (exact) mass is 444 g/mol. The van der Waals surface area contributed by atoms with Crippen LogP contribution in [0.2, 0.25) is 0 Å². The number of rotatable bonds is 4. The number of halogens is 4. The van der Waals surface area contributed by atoms with Crippen LogP contribution in [0.1, 0.15) is 47.3 Å². The number of nitrogens with zero attached hydrogens (tertiary/aromatic N) is 1. The lowest BCUT2D eigenvalue weighted by Crippen LogP contribution is -2.45. The number of carbonyl (C=O) groups excluding carboxylic acids is 1. The maximum atomic E-state index is 15.3.